The molecule has 1 fully saturated rings. The van der Waals surface area contributed by atoms with Gasteiger partial charge in [-0.05, 0) is 42.5 Å². The molecule has 1 saturated heterocycles. The number of hydrogen-bond donors (Lipinski definition) is 2. The van der Waals surface area contributed by atoms with Crippen molar-refractivity contribution in [3.8, 4) is 0 Å². The first-order chi connectivity index (χ1) is 15.8. The first-order valence-corrected chi connectivity index (χ1v) is 10.4. The highest BCUT2D eigenvalue weighted by Crippen LogP contribution is 2.36. The lowest BCUT2D eigenvalue weighted by atomic mass is 10.2. The summed E-state index contributed by atoms with van der Waals surface area (Å²) in [5.41, 5.74) is -0.965. The van der Waals surface area contributed by atoms with Crippen LogP contribution in [0.3, 0.4) is 0 Å². The van der Waals surface area contributed by atoms with Crippen LogP contribution in [0.4, 0.5) is 41.1 Å². The number of halogens is 4. The van der Waals surface area contributed by atoms with Crippen molar-refractivity contribution in [1.29, 1.82) is 0 Å². The summed E-state index contributed by atoms with van der Waals surface area (Å²) in [5.74, 6) is 1.87. The summed E-state index contributed by atoms with van der Waals surface area (Å²) >= 11 is 5.62. The second-order valence-electron chi connectivity index (χ2n) is 7.21. The van der Waals surface area contributed by atoms with Crippen molar-refractivity contribution in [2.75, 3.05) is 41.7 Å². The van der Waals surface area contributed by atoms with Gasteiger partial charge >= 0.3 is 12.2 Å². The van der Waals surface area contributed by atoms with Crippen LogP contribution in [-0.2, 0) is 6.18 Å². The fourth-order valence-electron chi connectivity index (χ4n) is 3.29. The number of hydrogen-bond acceptors (Lipinski definition) is 6. The molecule has 33 heavy (non-hydrogen) atoms. The van der Waals surface area contributed by atoms with E-state index >= 15 is 0 Å². The third kappa shape index (κ3) is 5.61. The minimum Gasteiger partial charge on any atom is -0.352 e. The van der Waals surface area contributed by atoms with Crippen molar-refractivity contribution < 1.29 is 18.0 Å². The molecule has 8 nitrogen and oxygen atoms in total. The number of aromatic nitrogens is 3. The lowest BCUT2D eigenvalue weighted by Gasteiger charge is -2.35. The molecule has 3 aromatic rings. The molecule has 2 amide bonds. The zero-order chi connectivity index (χ0) is 23.4. The first-order valence-electron chi connectivity index (χ1n) is 9.99. The van der Waals surface area contributed by atoms with E-state index in [0.717, 1.165) is 12.1 Å². The molecule has 0 atom stereocenters. The Hall–Kier alpha value is -3.60. The molecular formula is C21H19ClF3N7O. The number of carbonyl (C=O) groups is 1. The molecule has 1 aliphatic rings. The van der Waals surface area contributed by atoms with Crippen molar-refractivity contribution >= 4 is 40.8 Å². The fourth-order valence-corrected chi connectivity index (χ4v) is 3.51. The Balaban J connectivity index is 1.32. The Labute approximate surface area is 192 Å². The van der Waals surface area contributed by atoms with E-state index in [1.807, 2.05) is 29.2 Å². The molecule has 2 aromatic heterocycles. The molecular weight excluding hydrogens is 459 g/mol. The van der Waals surface area contributed by atoms with Crippen molar-refractivity contribution in [2.24, 2.45) is 0 Å². The molecule has 1 aromatic carbocycles. The van der Waals surface area contributed by atoms with Gasteiger partial charge in [0.15, 0.2) is 11.6 Å². The Morgan fingerprint density at radius 3 is 2.39 bits per heavy atom. The van der Waals surface area contributed by atoms with E-state index < -0.39 is 22.8 Å². The van der Waals surface area contributed by atoms with Gasteiger partial charge in [0.1, 0.15) is 5.82 Å². The first kappa shape index (κ1) is 22.6. The average molecular weight is 478 g/mol. The van der Waals surface area contributed by atoms with Gasteiger partial charge in [-0.15, -0.1) is 10.2 Å². The number of piperazine rings is 1. The Kier molecular flexibility index (Phi) is 6.50. The summed E-state index contributed by atoms with van der Waals surface area (Å²) in [7, 11) is 0. The van der Waals surface area contributed by atoms with Gasteiger partial charge in [-0.2, -0.15) is 13.2 Å². The van der Waals surface area contributed by atoms with Crippen LogP contribution in [0.5, 0.6) is 0 Å². The number of benzene rings is 1. The van der Waals surface area contributed by atoms with Crippen LogP contribution in [0, 0.1) is 0 Å². The van der Waals surface area contributed by atoms with Gasteiger partial charge in [0.25, 0.3) is 0 Å². The number of alkyl halides is 3. The standard InChI is InChI=1S/C21H19ClF3N7O/c22-16-5-4-14(13-15(16)21(23,24)25)27-20(33)32-11-9-31(10-12-32)19-7-6-18(29-30-19)28-17-3-1-2-8-26-17/h1-8,13H,9-12H2,(H,27,33)(H,26,28,29). The van der Waals surface area contributed by atoms with Crippen LogP contribution in [-0.4, -0.2) is 52.3 Å². The van der Waals surface area contributed by atoms with Gasteiger partial charge in [0.05, 0.1) is 10.6 Å². The highest BCUT2D eigenvalue weighted by Gasteiger charge is 2.33. The predicted molar refractivity (Wildman–Crippen MR) is 119 cm³/mol. The molecule has 0 saturated carbocycles. The van der Waals surface area contributed by atoms with E-state index in [0.29, 0.717) is 43.6 Å². The van der Waals surface area contributed by atoms with Crippen LogP contribution in [0.1, 0.15) is 5.56 Å². The normalized spacial score (nSPS) is 14.2. The van der Waals surface area contributed by atoms with Crippen molar-refractivity contribution in [2.45, 2.75) is 6.18 Å². The van der Waals surface area contributed by atoms with Gasteiger partial charge in [-0.3, -0.25) is 0 Å². The summed E-state index contributed by atoms with van der Waals surface area (Å²) in [6.45, 7) is 1.76. The quantitative estimate of drug-likeness (QED) is 0.569. The van der Waals surface area contributed by atoms with Crippen LogP contribution in [0.15, 0.2) is 54.7 Å². The van der Waals surface area contributed by atoms with E-state index in [4.69, 9.17) is 11.6 Å². The number of carbonyl (C=O) groups excluding carboxylic acids is 1. The molecule has 2 N–H and O–H groups in total. The molecule has 0 unspecified atom stereocenters. The molecule has 0 aliphatic carbocycles. The number of anilines is 4. The van der Waals surface area contributed by atoms with E-state index in [1.54, 1.807) is 12.3 Å². The molecule has 0 radical (unpaired) electrons. The second-order valence-corrected chi connectivity index (χ2v) is 7.62. The van der Waals surface area contributed by atoms with E-state index in [2.05, 4.69) is 25.8 Å². The number of nitrogens with zero attached hydrogens (tertiary/aromatic N) is 5. The summed E-state index contributed by atoms with van der Waals surface area (Å²) in [6.07, 6.45) is -2.94. The van der Waals surface area contributed by atoms with Gasteiger partial charge in [-0.25, -0.2) is 9.78 Å². The molecule has 4 rings (SSSR count). The molecule has 12 heteroatoms. The van der Waals surface area contributed by atoms with Gasteiger partial charge < -0.3 is 20.4 Å². The Bertz CT molecular complexity index is 1110. The minimum absolute atomic E-state index is 0.0287. The summed E-state index contributed by atoms with van der Waals surface area (Å²) < 4.78 is 39.1. The smallest absolute Gasteiger partial charge is 0.352 e. The molecule has 172 valence electrons. The number of pyridine rings is 1. The van der Waals surface area contributed by atoms with E-state index in [9.17, 15) is 18.0 Å². The third-order valence-corrected chi connectivity index (χ3v) is 5.31. The largest absolute Gasteiger partial charge is 0.417 e. The minimum atomic E-state index is -4.60. The number of rotatable bonds is 4. The summed E-state index contributed by atoms with van der Waals surface area (Å²) in [4.78, 5) is 20.2. The van der Waals surface area contributed by atoms with Crippen LogP contribution in [0.25, 0.3) is 0 Å². The lowest BCUT2D eigenvalue weighted by molar-refractivity contribution is -0.137. The zero-order valence-corrected chi connectivity index (χ0v) is 17.9. The van der Waals surface area contributed by atoms with E-state index in [-0.39, 0.29) is 5.69 Å². The maximum Gasteiger partial charge on any atom is 0.417 e. The Morgan fingerprint density at radius 2 is 1.76 bits per heavy atom. The van der Waals surface area contributed by atoms with Gasteiger partial charge in [0, 0.05) is 38.1 Å². The van der Waals surface area contributed by atoms with Crippen molar-refractivity contribution in [3.05, 3.63) is 65.3 Å². The molecule has 0 bridgehead atoms. The molecule has 1 aliphatic heterocycles. The monoisotopic (exact) mass is 477 g/mol. The SMILES string of the molecule is O=C(Nc1ccc(Cl)c(C(F)(F)F)c1)N1CCN(c2ccc(Nc3ccccn3)nn2)CC1. The number of urea groups is 1. The topological polar surface area (TPSA) is 86.3 Å². The highest BCUT2D eigenvalue weighted by molar-refractivity contribution is 6.31. The second kappa shape index (κ2) is 9.49. The van der Waals surface area contributed by atoms with Gasteiger partial charge in [0.2, 0.25) is 0 Å². The third-order valence-electron chi connectivity index (χ3n) is 4.99. The molecule has 0 spiro atoms. The Morgan fingerprint density at radius 1 is 0.970 bits per heavy atom. The van der Waals surface area contributed by atoms with Crippen molar-refractivity contribution in [1.82, 2.24) is 20.1 Å². The predicted octanol–water partition coefficient (Wildman–Crippen LogP) is 4.64. The zero-order valence-electron chi connectivity index (χ0n) is 17.2. The van der Waals surface area contributed by atoms with Crippen LogP contribution >= 0.6 is 11.6 Å². The lowest BCUT2D eigenvalue weighted by Crippen LogP contribution is -2.50. The number of nitrogens with one attached hydrogen (secondary N) is 2. The van der Waals surface area contributed by atoms with Crippen LogP contribution < -0.4 is 15.5 Å². The average Bonchev–Trinajstić information content (AvgIpc) is 2.81. The highest BCUT2D eigenvalue weighted by atomic mass is 35.5. The summed E-state index contributed by atoms with van der Waals surface area (Å²) in [6, 6.07) is 11.9. The van der Waals surface area contributed by atoms with E-state index in [1.165, 1.54) is 11.0 Å². The van der Waals surface area contributed by atoms with Crippen molar-refractivity contribution in [3.63, 3.8) is 0 Å². The summed E-state index contributed by atoms with van der Waals surface area (Å²) in [5, 5.41) is 13.5. The molecule has 3 heterocycles. The maximum atomic E-state index is 13.0. The number of amides is 2. The fraction of sp³-hybridized carbons (Fsp3) is 0.238. The van der Waals surface area contributed by atoms with Gasteiger partial charge in [-0.1, -0.05) is 17.7 Å². The van der Waals surface area contributed by atoms with Crippen LogP contribution in [0.2, 0.25) is 5.02 Å². The maximum absolute atomic E-state index is 13.0.